The van der Waals surface area contributed by atoms with Crippen LogP contribution in [0.1, 0.15) is 19.3 Å². The molecule has 0 spiro atoms. The van der Waals surface area contributed by atoms with Crippen LogP contribution in [0.4, 0.5) is 8.78 Å². The first-order valence-electron chi connectivity index (χ1n) is 2.98. The van der Waals surface area contributed by atoms with E-state index in [2.05, 4.69) is 0 Å². The van der Waals surface area contributed by atoms with Gasteiger partial charge in [-0.15, -0.1) is 0 Å². The molecule has 0 atom stereocenters. The van der Waals surface area contributed by atoms with Crippen LogP contribution in [0.3, 0.4) is 0 Å². The maximum absolute atomic E-state index is 11.5. The Hall–Kier alpha value is -0.470. The molecule has 0 amide bonds. The molecule has 3 heteroatoms. The van der Waals surface area contributed by atoms with Crippen molar-refractivity contribution in [2.24, 2.45) is 5.92 Å². The summed E-state index contributed by atoms with van der Waals surface area (Å²) in [5.74, 6) is 0.109. The smallest absolute Gasteiger partial charge is 0.238 e. The molecule has 0 bridgehead atoms. The molecular weight excluding hydrogens is 126 g/mol. The Morgan fingerprint density at radius 3 is 2.44 bits per heavy atom. The molecule has 1 saturated carbocycles. The van der Waals surface area contributed by atoms with Crippen molar-refractivity contribution < 1.29 is 13.6 Å². The summed E-state index contributed by atoms with van der Waals surface area (Å²) >= 11 is 0. The maximum atomic E-state index is 11.5. The number of hydrogen-bond donors (Lipinski definition) is 0. The molecular formula is C6H8F2O. The van der Waals surface area contributed by atoms with Crippen molar-refractivity contribution in [2.75, 3.05) is 0 Å². The lowest BCUT2D eigenvalue weighted by molar-refractivity contribution is -0.127. The number of hydrogen-bond acceptors (Lipinski definition) is 1. The van der Waals surface area contributed by atoms with Crippen molar-refractivity contribution in [1.29, 1.82) is 0 Å². The summed E-state index contributed by atoms with van der Waals surface area (Å²) in [6, 6.07) is 0. The van der Waals surface area contributed by atoms with Gasteiger partial charge in [0.2, 0.25) is 6.43 Å². The lowest BCUT2D eigenvalue weighted by Crippen LogP contribution is -2.24. The van der Waals surface area contributed by atoms with Crippen molar-refractivity contribution in [1.82, 2.24) is 0 Å². The molecule has 1 aliphatic rings. The number of rotatable bonds is 2. The van der Waals surface area contributed by atoms with Gasteiger partial charge in [0, 0.05) is 19.3 Å². The van der Waals surface area contributed by atoms with Gasteiger partial charge >= 0.3 is 0 Å². The van der Waals surface area contributed by atoms with Crippen molar-refractivity contribution in [3.63, 3.8) is 0 Å². The summed E-state index contributed by atoms with van der Waals surface area (Å²) < 4.78 is 23.0. The van der Waals surface area contributed by atoms with E-state index in [1.807, 2.05) is 0 Å². The fourth-order valence-electron chi connectivity index (χ4n) is 1.00. The van der Waals surface area contributed by atoms with Crippen LogP contribution in [0, 0.1) is 5.92 Å². The molecule has 1 nitrogen and oxygen atoms in total. The van der Waals surface area contributed by atoms with Crippen LogP contribution >= 0.6 is 0 Å². The summed E-state index contributed by atoms with van der Waals surface area (Å²) in [7, 11) is 0. The van der Waals surface area contributed by atoms with Crippen LogP contribution in [0.15, 0.2) is 0 Å². The van der Waals surface area contributed by atoms with Crippen LogP contribution in [-0.4, -0.2) is 12.2 Å². The lowest BCUT2D eigenvalue weighted by Gasteiger charge is -2.22. The molecule has 1 aliphatic carbocycles. The van der Waals surface area contributed by atoms with Crippen molar-refractivity contribution in [2.45, 2.75) is 25.7 Å². The Balaban J connectivity index is 2.11. The summed E-state index contributed by atoms with van der Waals surface area (Å²) in [6.45, 7) is 0. The molecule has 9 heavy (non-hydrogen) atoms. The van der Waals surface area contributed by atoms with Gasteiger partial charge in [-0.25, -0.2) is 8.78 Å². The second-order valence-electron chi connectivity index (χ2n) is 2.44. The van der Waals surface area contributed by atoms with Crippen LogP contribution in [0.5, 0.6) is 0 Å². The monoisotopic (exact) mass is 134 g/mol. The Labute approximate surface area is 52.1 Å². The van der Waals surface area contributed by atoms with Gasteiger partial charge in [0.15, 0.2) is 0 Å². The van der Waals surface area contributed by atoms with Gasteiger partial charge < -0.3 is 0 Å². The molecule has 0 radical (unpaired) electrons. The van der Waals surface area contributed by atoms with E-state index in [1.54, 1.807) is 0 Å². The largest absolute Gasteiger partial charge is 0.300 e. The van der Waals surface area contributed by atoms with Crippen LogP contribution < -0.4 is 0 Å². The number of alkyl halides is 2. The molecule has 0 aromatic rings. The van der Waals surface area contributed by atoms with E-state index >= 15 is 0 Å². The fourth-order valence-corrected chi connectivity index (χ4v) is 1.00. The Kier molecular flexibility index (Phi) is 1.78. The summed E-state index contributed by atoms with van der Waals surface area (Å²) in [6.07, 6.45) is -1.57. The zero-order valence-electron chi connectivity index (χ0n) is 4.94. The molecule has 1 rings (SSSR count). The second-order valence-corrected chi connectivity index (χ2v) is 2.44. The Morgan fingerprint density at radius 1 is 1.56 bits per heavy atom. The standard InChI is InChI=1S/C6H8F2O/c7-6(8)3-4-1-5(9)2-4/h4,6H,1-3H2. The minimum Gasteiger partial charge on any atom is -0.300 e. The highest BCUT2D eigenvalue weighted by molar-refractivity contribution is 5.84. The Bertz CT molecular complexity index is 114. The highest BCUT2D eigenvalue weighted by atomic mass is 19.3. The summed E-state index contributed by atoms with van der Waals surface area (Å²) in [5, 5.41) is 0. The third-order valence-corrected chi connectivity index (χ3v) is 1.54. The molecule has 0 heterocycles. The van der Waals surface area contributed by atoms with Crippen molar-refractivity contribution in [3.8, 4) is 0 Å². The van der Waals surface area contributed by atoms with E-state index in [4.69, 9.17) is 0 Å². The number of halogens is 2. The van der Waals surface area contributed by atoms with Gasteiger partial charge in [-0.05, 0) is 5.92 Å². The van der Waals surface area contributed by atoms with E-state index in [1.165, 1.54) is 0 Å². The van der Waals surface area contributed by atoms with Crippen LogP contribution in [0.2, 0.25) is 0 Å². The zero-order chi connectivity index (χ0) is 6.85. The van der Waals surface area contributed by atoms with Crippen LogP contribution in [-0.2, 0) is 4.79 Å². The topological polar surface area (TPSA) is 17.1 Å². The number of Topliss-reactive ketones (excluding diaryl/α,β-unsaturated/α-hetero) is 1. The predicted molar refractivity (Wildman–Crippen MR) is 28.4 cm³/mol. The molecule has 0 aromatic carbocycles. The first-order chi connectivity index (χ1) is 4.18. The van der Waals surface area contributed by atoms with Crippen LogP contribution in [0.25, 0.3) is 0 Å². The first kappa shape index (κ1) is 6.65. The third-order valence-electron chi connectivity index (χ3n) is 1.54. The van der Waals surface area contributed by atoms with E-state index in [0.717, 1.165) is 0 Å². The van der Waals surface area contributed by atoms with Crippen molar-refractivity contribution in [3.05, 3.63) is 0 Å². The van der Waals surface area contributed by atoms with E-state index in [0.29, 0.717) is 12.8 Å². The number of ketones is 1. The zero-order valence-corrected chi connectivity index (χ0v) is 4.94. The quantitative estimate of drug-likeness (QED) is 0.560. The van der Waals surface area contributed by atoms with Gasteiger partial charge in [0.05, 0.1) is 0 Å². The van der Waals surface area contributed by atoms with Gasteiger partial charge in [-0.1, -0.05) is 0 Å². The number of carbonyl (C=O) groups is 1. The first-order valence-corrected chi connectivity index (χ1v) is 2.98. The van der Waals surface area contributed by atoms with Gasteiger partial charge in [0.1, 0.15) is 5.78 Å². The van der Waals surface area contributed by atoms with Gasteiger partial charge in [-0.3, -0.25) is 4.79 Å². The van der Waals surface area contributed by atoms with Crippen molar-refractivity contribution >= 4 is 5.78 Å². The van der Waals surface area contributed by atoms with Gasteiger partial charge in [0.25, 0.3) is 0 Å². The molecule has 1 fully saturated rings. The fraction of sp³-hybridized carbons (Fsp3) is 0.833. The summed E-state index contributed by atoms with van der Waals surface area (Å²) in [4.78, 5) is 10.2. The average Bonchev–Trinajstić information content (AvgIpc) is 1.60. The average molecular weight is 134 g/mol. The van der Waals surface area contributed by atoms with Gasteiger partial charge in [-0.2, -0.15) is 0 Å². The Morgan fingerprint density at radius 2 is 2.11 bits per heavy atom. The van der Waals surface area contributed by atoms with E-state index in [9.17, 15) is 13.6 Å². The van der Waals surface area contributed by atoms with E-state index in [-0.39, 0.29) is 18.1 Å². The van der Waals surface area contributed by atoms with E-state index < -0.39 is 6.43 Å². The minimum absolute atomic E-state index is 0.0162. The number of carbonyl (C=O) groups excluding carboxylic acids is 1. The minimum atomic E-state index is -2.23. The molecule has 52 valence electrons. The normalized spacial score (nSPS) is 20.6. The predicted octanol–water partition coefficient (Wildman–Crippen LogP) is 1.62. The maximum Gasteiger partial charge on any atom is 0.238 e. The molecule has 0 aromatic heterocycles. The summed E-state index contributed by atoms with van der Waals surface area (Å²) in [5.41, 5.74) is 0. The molecule has 0 aliphatic heterocycles. The molecule has 0 N–H and O–H groups in total. The SMILES string of the molecule is O=C1CC(CC(F)F)C1. The molecule has 0 saturated heterocycles. The molecule has 0 unspecified atom stereocenters. The third kappa shape index (κ3) is 1.73. The highest BCUT2D eigenvalue weighted by Crippen LogP contribution is 2.28. The second kappa shape index (κ2) is 2.42. The lowest BCUT2D eigenvalue weighted by atomic mass is 9.82. The highest BCUT2D eigenvalue weighted by Gasteiger charge is 2.28.